The number of nitrogens with zero attached hydrogens (tertiary/aromatic N) is 1. The Morgan fingerprint density at radius 3 is 2.75 bits per heavy atom. The van der Waals surface area contributed by atoms with Gasteiger partial charge in [0.25, 0.3) is 0 Å². The molecule has 2 rings (SSSR count). The Morgan fingerprint density at radius 2 is 2.25 bits per heavy atom. The largest absolute Gasteiger partial charge is 0.468 e. The molecule has 0 aromatic carbocycles. The lowest BCUT2D eigenvalue weighted by atomic mass is 10.2. The van der Waals surface area contributed by atoms with Crippen molar-refractivity contribution in [3.8, 4) is 0 Å². The van der Waals surface area contributed by atoms with Crippen LogP contribution in [0.3, 0.4) is 0 Å². The molecule has 0 amide bonds. The van der Waals surface area contributed by atoms with Crippen LogP contribution in [-0.4, -0.2) is 49.7 Å². The van der Waals surface area contributed by atoms with Crippen LogP contribution in [0.1, 0.15) is 26.2 Å². The summed E-state index contributed by atoms with van der Waals surface area (Å²) in [7, 11) is 1.47. The fraction of sp³-hybridized carbons (Fsp3) is 0.917. The van der Waals surface area contributed by atoms with E-state index in [1.165, 1.54) is 26.4 Å². The molecule has 1 aliphatic heterocycles. The number of rotatable bonds is 5. The summed E-state index contributed by atoms with van der Waals surface area (Å²) in [5, 5.41) is 3.37. The zero-order valence-electron chi connectivity index (χ0n) is 10.2. The Hall–Kier alpha value is -0.610. The average molecular weight is 226 g/mol. The lowest BCUT2D eigenvalue weighted by Crippen LogP contribution is -2.47. The second-order valence-corrected chi connectivity index (χ2v) is 5.17. The SMILES string of the molecule is COC(=O)C(CN1CCC(C)C1)NC1CC1. The molecule has 1 aliphatic carbocycles. The summed E-state index contributed by atoms with van der Waals surface area (Å²) < 4.78 is 4.85. The molecule has 2 aliphatic rings. The molecule has 2 unspecified atom stereocenters. The minimum atomic E-state index is -0.136. The van der Waals surface area contributed by atoms with E-state index >= 15 is 0 Å². The Balaban J connectivity index is 1.82. The minimum absolute atomic E-state index is 0.119. The van der Waals surface area contributed by atoms with Crippen molar-refractivity contribution in [3.05, 3.63) is 0 Å². The monoisotopic (exact) mass is 226 g/mol. The van der Waals surface area contributed by atoms with E-state index in [1.54, 1.807) is 0 Å². The number of carbonyl (C=O) groups is 1. The first kappa shape index (κ1) is 11.9. The molecule has 1 saturated carbocycles. The van der Waals surface area contributed by atoms with E-state index in [1.807, 2.05) is 0 Å². The Kier molecular flexibility index (Phi) is 3.82. The molecule has 16 heavy (non-hydrogen) atoms. The molecular formula is C12H22N2O2. The van der Waals surface area contributed by atoms with Crippen molar-refractivity contribution in [3.63, 3.8) is 0 Å². The highest BCUT2D eigenvalue weighted by Crippen LogP contribution is 2.21. The summed E-state index contributed by atoms with van der Waals surface area (Å²) in [6.45, 7) is 5.29. The zero-order chi connectivity index (χ0) is 11.5. The van der Waals surface area contributed by atoms with Gasteiger partial charge in [-0.1, -0.05) is 6.92 Å². The van der Waals surface area contributed by atoms with Gasteiger partial charge in [0.2, 0.25) is 0 Å². The van der Waals surface area contributed by atoms with Gasteiger partial charge in [-0.25, -0.2) is 0 Å². The highest BCUT2D eigenvalue weighted by Gasteiger charge is 2.31. The topological polar surface area (TPSA) is 41.6 Å². The van der Waals surface area contributed by atoms with Crippen LogP contribution in [0.2, 0.25) is 0 Å². The molecule has 0 bridgehead atoms. The van der Waals surface area contributed by atoms with Gasteiger partial charge in [0.05, 0.1) is 7.11 Å². The Labute approximate surface area is 97.3 Å². The maximum Gasteiger partial charge on any atom is 0.324 e. The van der Waals surface area contributed by atoms with Gasteiger partial charge in [-0.05, 0) is 31.7 Å². The number of likely N-dealkylation sites (tertiary alicyclic amines) is 1. The van der Waals surface area contributed by atoms with Gasteiger partial charge < -0.3 is 15.0 Å². The van der Waals surface area contributed by atoms with Crippen molar-refractivity contribution in [2.45, 2.75) is 38.3 Å². The van der Waals surface area contributed by atoms with Crippen LogP contribution in [0.4, 0.5) is 0 Å². The van der Waals surface area contributed by atoms with Crippen LogP contribution in [0, 0.1) is 5.92 Å². The van der Waals surface area contributed by atoms with E-state index in [2.05, 4.69) is 17.1 Å². The summed E-state index contributed by atoms with van der Waals surface area (Å²) >= 11 is 0. The lowest BCUT2D eigenvalue weighted by molar-refractivity contribution is -0.143. The molecule has 0 radical (unpaired) electrons. The average Bonchev–Trinajstić information content (AvgIpc) is 2.99. The normalized spacial score (nSPS) is 28.0. The van der Waals surface area contributed by atoms with Gasteiger partial charge in [-0.3, -0.25) is 4.79 Å². The molecule has 0 spiro atoms. The smallest absolute Gasteiger partial charge is 0.324 e. The quantitative estimate of drug-likeness (QED) is 0.698. The molecule has 4 heteroatoms. The number of hydrogen-bond acceptors (Lipinski definition) is 4. The van der Waals surface area contributed by atoms with Crippen LogP contribution in [0.15, 0.2) is 0 Å². The highest BCUT2D eigenvalue weighted by atomic mass is 16.5. The first-order valence-corrected chi connectivity index (χ1v) is 6.25. The van der Waals surface area contributed by atoms with E-state index in [-0.39, 0.29) is 12.0 Å². The molecule has 0 aromatic rings. The van der Waals surface area contributed by atoms with Crippen molar-refractivity contribution in [2.24, 2.45) is 5.92 Å². The fourth-order valence-corrected chi connectivity index (χ4v) is 2.32. The molecule has 1 saturated heterocycles. The predicted molar refractivity (Wildman–Crippen MR) is 62.2 cm³/mol. The van der Waals surface area contributed by atoms with Crippen molar-refractivity contribution in [1.29, 1.82) is 0 Å². The van der Waals surface area contributed by atoms with Crippen LogP contribution >= 0.6 is 0 Å². The van der Waals surface area contributed by atoms with E-state index in [9.17, 15) is 4.79 Å². The minimum Gasteiger partial charge on any atom is -0.468 e. The van der Waals surface area contributed by atoms with Gasteiger partial charge in [0.1, 0.15) is 6.04 Å². The highest BCUT2D eigenvalue weighted by molar-refractivity contribution is 5.76. The summed E-state index contributed by atoms with van der Waals surface area (Å²) in [4.78, 5) is 14.0. The third-order valence-electron chi connectivity index (χ3n) is 3.45. The van der Waals surface area contributed by atoms with Gasteiger partial charge >= 0.3 is 5.97 Å². The summed E-state index contributed by atoms with van der Waals surface area (Å²) in [6.07, 6.45) is 3.64. The molecule has 4 nitrogen and oxygen atoms in total. The number of ether oxygens (including phenoxy) is 1. The van der Waals surface area contributed by atoms with Crippen LogP contribution in [0.5, 0.6) is 0 Å². The van der Waals surface area contributed by atoms with E-state index in [0.29, 0.717) is 6.04 Å². The van der Waals surface area contributed by atoms with E-state index in [4.69, 9.17) is 4.74 Å². The summed E-state index contributed by atoms with van der Waals surface area (Å²) in [5.41, 5.74) is 0. The molecule has 2 fully saturated rings. The third-order valence-corrected chi connectivity index (χ3v) is 3.45. The van der Waals surface area contributed by atoms with E-state index < -0.39 is 0 Å². The molecular weight excluding hydrogens is 204 g/mol. The van der Waals surface area contributed by atoms with Crippen LogP contribution in [0.25, 0.3) is 0 Å². The molecule has 0 aromatic heterocycles. The number of esters is 1. The van der Waals surface area contributed by atoms with E-state index in [0.717, 1.165) is 25.6 Å². The van der Waals surface area contributed by atoms with Crippen molar-refractivity contribution >= 4 is 5.97 Å². The van der Waals surface area contributed by atoms with Crippen molar-refractivity contribution in [1.82, 2.24) is 10.2 Å². The van der Waals surface area contributed by atoms with Crippen molar-refractivity contribution < 1.29 is 9.53 Å². The van der Waals surface area contributed by atoms with Gasteiger partial charge in [0.15, 0.2) is 0 Å². The molecule has 1 heterocycles. The van der Waals surface area contributed by atoms with Crippen LogP contribution < -0.4 is 5.32 Å². The number of hydrogen-bond donors (Lipinski definition) is 1. The number of carbonyl (C=O) groups excluding carboxylic acids is 1. The Bertz CT molecular complexity index is 253. The second kappa shape index (κ2) is 5.15. The molecule has 92 valence electrons. The van der Waals surface area contributed by atoms with Gasteiger partial charge in [-0.2, -0.15) is 0 Å². The lowest BCUT2D eigenvalue weighted by Gasteiger charge is -2.22. The van der Waals surface area contributed by atoms with Gasteiger partial charge in [-0.15, -0.1) is 0 Å². The molecule has 1 N–H and O–H groups in total. The second-order valence-electron chi connectivity index (χ2n) is 5.17. The fourth-order valence-electron chi connectivity index (χ4n) is 2.32. The third kappa shape index (κ3) is 3.19. The van der Waals surface area contributed by atoms with Gasteiger partial charge in [0, 0.05) is 19.1 Å². The summed E-state index contributed by atoms with van der Waals surface area (Å²) in [5.74, 6) is 0.644. The first-order chi connectivity index (χ1) is 7.69. The number of methoxy groups -OCH3 is 1. The standard InChI is InChI=1S/C12H22N2O2/c1-9-5-6-14(7-9)8-11(12(15)16-2)13-10-3-4-10/h9-11,13H,3-8H2,1-2H3. The van der Waals surface area contributed by atoms with Crippen LogP contribution in [-0.2, 0) is 9.53 Å². The zero-order valence-corrected chi connectivity index (χ0v) is 10.2. The molecule has 2 atom stereocenters. The Morgan fingerprint density at radius 1 is 1.50 bits per heavy atom. The maximum atomic E-state index is 11.6. The predicted octanol–water partition coefficient (Wildman–Crippen LogP) is 0.622. The summed E-state index contributed by atoms with van der Waals surface area (Å²) in [6, 6.07) is 0.409. The maximum absolute atomic E-state index is 11.6. The van der Waals surface area contributed by atoms with Crippen molar-refractivity contribution in [2.75, 3.05) is 26.7 Å². The number of nitrogens with one attached hydrogen (secondary N) is 1. The first-order valence-electron chi connectivity index (χ1n) is 6.25.